The molecule has 8 aromatic heterocycles. The maximum absolute atomic E-state index is 4.29. The molecule has 0 aliphatic carbocycles. The summed E-state index contributed by atoms with van der Waals surface area (Å²) in [6.45, 7) is 66.6. The first-order valence-corrected chi connectivity index (χ1v) is 30.3. The second-order valence-corrected chi connectivity index (χ2v) is 30.2. The molecule has 0 spiro atoms. The average molecular weight is 1920 g/mol. The summed E-state index contributed by atoms with van der Waals surface area (Å²) in [7, 11) is 1.93. The van der Waals surface area contributed by atoms with E-state index in [0.717, 1.165) is 40.0 Å². The molecule has 4 radical (unpaired) electrons. The van der Waals surface area contributed by atoms with Gasteiger partial charge in [0.25, 0.3) is 0 Å². The third-order valence-electron chi connectivity index (χ3n) is 11.4. The van der Waals surface area contributed by atoms with Crippen LogP contribution in [0.25, 0.3) is 24.3 Å². The summed E-state index contributed by atoms with van der Waals surface area (Å²) < 4.78 is 9.64. The molecule has 0 unspecified atom stereocenters. The van der Waals surface area contributed by atoms with Crippen molar-refractivity contribution in [3.63, 3.8) is 0 Å². The Hall–Kier alpha value is -3.03. The maximum Gasteiger partial charge on any atom is 0.129 e. The fourth-order valence-corrected chi connectivity index (χ4v) is 8.69. The van der Waals surface area contributed by atoms with E-state index in [1.165, 1.54) is 60.8 Å². The molecule has 12 nitrogen and oxygen atoms in total. The van der Waals surface area contributed by atoms with Crippen molar-refractivity contribution in [1.82, 2.24) is 58.9 Å². The largest absolute Gasteiger partial charge is 0.394 e. The monoisotopic (exact) mass is 1920 g/mol. The van der Waals surface area contributed by atoms with Gasteiger partial charge in [-0.05, 0) is 57.6 Å². The van der Waals surface area contributed by atoms with Gasteiger partial charge < -0.3 is 23.7 Å². The van der Waals surface area contributed by atoms with Crippen LogP contribution in [-0.4, -0.2) is 58.9 Å². The van der Waals surface area contributed by atoms with Gasteiger partial charge in [-0.1, -0.05) is 214 Å². The van der Waals surface area contributed by atoms with Gasteiger partial charge in [-0.2, -0.15) is 43.9 Å². The molecular weight excluding hydrogens is 1820 g/mol. The van der Waals surface area contributed by atoms with Crippen LogP contribution in [0, 0.1) is 23.4 Å². The Morgan fingerprint density at radius 2 is 1.14 bits per heavy atom. The fraction of sp³-hybridized carbons (Fsp3) is 0.508. The summed E-state index contributed by atoms with van der Waals surface area (Å²) in [5.41, 5.74) is 17.2. The number of aromatic amines is 3. The number of rotatable bonds is 4. The number of H-pyrrole nitrogens is 3. The Morgan fingerprint density at radius 3 is 1.40 bits per heavy atom. The first-order chi connectivity index (χ1) is 37.0. The van der Waals surface area contributed by atoms with Gasteiger partial charge in [0.05, 0.1) is 23.3 Å². The number of aryl methyl sites for hydroxylation is 1. The van der Waals surface area contributed by atoms with Crippen LogP contribution < -0.4 is 0 Å². The SMILES string of the molecule is C=Cc1[nH]ncc1C(C)(C)C.C=Cc1cc(C(C)(C)C)[nH]n1.C=Cc1ncc(C(C)(C)C)[nH]1.C=Cc1nn(C)cc1C(C)(C)C.CC(C)(C)c1[c-]nsc1.CC(C)(C)c1c[c-]ns1.CC(C)(C)c1cn[c-]s1.CC(C)(C)c1cs[c-]n1.[Re].[Re].[Re].[Re]. The molecule has 0 saturated carbocycles. The molecule has 20 heteroatoms. The zero-order valence-electron chi connectivity index (χ0n) is 55.4. The minimum absolute atomic E-state index is 0. The minimum atomic E-state index is 0. The predicted molar refractivity (Wildman–Crippen MR) is 353 cm³/mol. The van der Waals surface area contributed by atoms with Crippen LogP contribution in [0.15, 0.2) is 74.0 Å². The van der Waals surface area contributed by atoms with E-state index in [0.29, 0.717) is 0 Å². The van der Waals surface area contributed by atoms with Crippen molar-refractivity contribution in [2.75, 3.05) is 0 Å². The fourth-order valence-electron chi connectivity index (χ4n) is 6.06. The van der Waals surface area contributed by atoms with Gasteiger partial charge in [-0.3, -0.25) is 37.6 Å². The van der Waals surface area contributed by atoms with E-state index < -0.39 is 0 Å². The van der Waals surface area contributed by atoms with Crippen molar-refractivity contribution in [3.8, 4) is 0 Å². The molecular formula is C65H98N12Re4S4-4. The number of nitrogens with one attached hydrogen (secondary N) is 3. The van der Waals surface area contributed by atoms with Crippen molar-refractivity contribution >= 4 is 70.0 Å². The second-order valence-electron chi connectivity index (χ2n) is 27.3. The summed E-state index contributed by atoms with van der Waals surface area (Å²) in [6, 6.07) is 3.97. The zero-order valence-corrected chi connectivity index (χ0v) is 69.6. The molecule has 85 heavy (non-hydrogen) atoms. The number of nitrogens with zero attached hydrogens (tertiary/aromatic N) is 9. The standard InChI is InChI=1S/C10H16N2.3C9H14N2.4C7H10NS.4Re/c1-6-9-8(10(2,3)4)7-12(5)11-9;1-5-8-10-6-7(11-8)9(2,3)4;1-5-8-7(6-10-11-8)9(2,3)4;1-5-7-6-8(11-10-7)9(2,3)4;1-7(2,3)6-4-9-5-8-6;1-7(2,3)6-4-8-5-9-6;1-7(2,3)6-4-8-9-5-6;1-7(2,3)6-4-5-8-9-6;;;;/h6-7H,1H2,2-5H3;3*5-6H,1H2,2-4H3,(H,10,11);2*4H,1-3H3;5H,1-3H3;4H,1-3H3;;;;/q;;;;4*-1;;;;. The molecule has 0 fully saturated rings. The molecule has 0 amide bonds. The molecule has 0 aromatic carbocycles. The van der Waals surface area contributed by atoms with Gasteiger partial charge in [-0.25, -0.2) is 11.1 Å². The molecule has 474 valence electrons. The molecule has 8 aromatic rings. The van der Waals surface area contributed by atoms with Gasteiger partial charge in [-0.15, -0.1) is 39.1 Å². The summed E-state index contributed by atoms with van der Waals surface area (Å²) in [4.78, 5) is 17.9. The van der Waals surface area contributed by atoms with Crippen LogP contribution in [0.1, 0.15) is 233 Å². The number of aromatic nitrogens is 12. The van der Waals surface area contributed by atoms with Gasteiger partial charge in [0.15, 0.2) is 0 Å². The summed E-state index contributed by atoms with van der Waals surface area (Å²) in [5, 5.41) is 22.3. The van der Waals surface area contributed by atoms with E-state index in [1.807, 2.05) is 53.2 Å². The Morgan fingerprint density at radius 1 is 0.565 bits per heavy atom. The molecule has 3 N–H and O–H groups in total. The molecule has 0 aliphatic heterocycles. The van der Waals surface area contributed by atoms with Crippen LogP contribution in [-0.2, 0) is 132 Å². The Labute approximate surface area is 585 Å². The van der Waals surface area contributed by atoms with Gasteiger partial charge in [0.2, 0.25) is 0 Å². The molecule has 0 saturated heterocycles. The van der Waals surface area contributed by atoms with Crippen LogP contribution in [0.2, 0.25) is 0 Å². The van der Waals surface area contributed by atoms with Crippen molar-refractivity contribution in [1.29, 1.82) is 0 Å². The van der Waals surface area contributed by atoms with E-state index in [2.05, 4.69) is 276 Å². The molecule has 0 bridgehead atoms. The summed E-state index contributed by atoms with van der Waals surface area (Å²) >= 11 is 6.11. The van der Waals surface area contributed by atoms with Crippen LogP contribution in [0.3, 0.4) is 0 Å². The quantitative estimate of drug-likeness (QED) is 0.147. The van der Waals surface area contributed by atoms with E-state index in [1.54, 1.807) is 35.6 Å². The Balaban J connectivity index is -0.000000439. The first kappa shape index (κ1) is 88.4. The van der Waals surface area contributed by atoms with E-state index >= 15 is 0 Å². The smallest absolute Gasteiger partial charge is 0.129 e. The Kier molecular flexibility index (Phi) is 40.7. The zero-order chi connectivity index (χ0) is 62.4. The average Bonchev–Trinajstić information content (AvgIpc) is 4.21. The number of hydrogen-bond donors (Lipinski definition) is 3. The van der Waals surface area contributed by atoms with Crippen molar-refractivity contribution in [3.05, 3.63) is 164 Å². The molecule has 8 rings (SSSR count). The number of hydrogen-bond acceptors (Lipinski definition) is 12. The van der Waals surface area contributed by atoms with E-state index in [-0.39, 0.29) is 125 Å². The Bertz CT molecular complexity index is 2750. The second kappa shape index (κ2) is 39.2. The number of imidazole rings is 1. The van der Waals surface area contributed by atoms with Crippen LogP contribution >= 0.6 is 45.7 Å². The van der Waals surface area contributed by atoms with Crippen molar-refractivity contribution in [2.24, 2.45) is 7.05 Å². The summed E-state index contributed by atoms with van der Waals surface area (Å²) in [5.74, 6) is 0.843. The third kappa shape index (κ3) is 34.5. The van der Waals surface area contributed by atoms with Crippen molar-refractivity contribution < 1.29 is 81.7 Å². The van der Waals surface area contributed by atoms with E-state index in [9.17, 15) is 0 Å². The molecule has 8 heterocycles. The molecule has 0 atom stereocenters. The normalized spacial score (nSPS) is 11.2. The minimum Gasteiger partial charge on any atom is -0.394 e. The van der Waals surface area contributed by atoms with E-state index in [4.69, 9.17) is 0 Å². The summed E-state index contributed by atoms with van der Waals surface area (Å²) in [6.07, 6.45) is 20.5. The maximum atomic E-state index is 4.29. The predicted octanol–water partition coefficient (Wildman–Crippen LogP) is 18.4. The molecule has 0 aliphatic rings. The third-order valence-corrected chi connectivity index (χ3v) is 14.7. The van der Waals surface area contributed by atoms with Crippen LogP contribution in [0.5, 0.6) is 0 Å². The topological polar surface area (TPSA) is 155 Å². The number of thiazole rings is 2. The van der Waals surface area contributed by atoms with Crippen LogP contribution in [0.4, 0.5) is 0 Å². The van der Waals surface area contributed by atoms with Gasteiger partial charge in [0, 0.05) is 134 Å². The van der Waals surface area contributed by atoms with Gasteiger partial charge in [0.1, 0.15) is 5.82 Å². The van der Waals surface area contributed by atoms with Gasteiger partial charge >= 0.3 is 0 Å². The van der Waals surface area contributed by atoms with Crippen molar-refractivity contribution in [2.45, 2.75) is 209 Å². The first-order valence-electron chi connectivity index (χ1n) is 27.0.